The van der Waals surface area contributed by atoms with Crippen molar-refractivity contribution >= 4 is 11.8 Å². The predicted octanol–water partition coefficient (Wildman–Crippen LogP) is 3.83. The van der Waals surface area contributed by atoms with Crippen LogP contribution >= 0.6 is 0 Å². The van der Waals surface area contributed by atoms with Crippen LogP contribution in [0.2, 0.25) is 0 Å². The van der Waals surface area contributed by atoms with Gasteiger partial charge in [-0.15, -0.1) is 0 Å². The summed E-state index contributed by atoms with van der Waals surface area (Å²) in [6.07, 6.45) is 9.47. The lowest BCUT2D eigenvalue weighted by Crippen LogP contribution is -2.38. The summed E-state index contributed by atoms with van der Waals surface area (Å²) in [6, 6.07) is 0. The molecule has 0 aromatic rings. The van der Waals surface area contributed by atoms with E-state index < -0.39 is 0 Å². The summed E-state index contributed by atoms with van der Waals surface area (Å²) in [4.78, 5) is 27.7. The van der Waals surface area contributed by atoms with E-state index in [0.29, 0.717) is 12.4 Å². The number of esters is 1. The number of likely N-dealkylation sites (N-methyl/N-ethyl adjacent to an activating group) is 1. The second-order valence-electron chi connectivity index (χ2n) is 7.43. The number of ketones is 1. The maximum atomic E-state index is 12.9. The maximum absolute atomic E-state index is 12.9. The Morgan fingerprint density at radius 1 is 0.875 bits per heavy atom. The lowest BCUT2D eigenvalue weighted by Gasteiger charge is -2.32. The molecule has 0 heterocycles. The second kappa shape index (κ2) is 10.2. The molecule has 24 heavy (non-hydrogen) atoms. The smallest absolute Gasteiger partial charge is 0.309 e. The molecule has 138 valence electrons. The van der Waals surface area contributed by atoms with Gasteiger partial charge in [0.1, 0.15) is 12.4 Å². The minimum Gasteiger partial charge on any atom is -0.464 e. The van der Waals surface area contributed by atoms with Crippen LogP contribution in [0.3, 0.4) is 0 Å². The topological polar surface area (TPSA) is 46.6 Å². The SMILES string of the molecule is CCN(CC)CCOC(=O)C1CCCCC1C(=O)C1CCCCC1. The third-order valence-electron chi connectivity index (χ3n) is 5.99. The maximum Gasteiger partial charge on any atom is 0.309 e. The molecule has 2 atom stereocenters. The van der Waals surface area contributed by atoms with Gasteiger partial charge in [-0.1, -0.05) is 46.0 Å². The molecule has 4 heteroatoms. The Kier molecular flexibility index (Phi) is 8.23. The Morgan fingerprint density at radius 2 is 1.46 bits per heavy atom. The minimum atomic E-state index is -0.190. The van der Waals surface area contributed by atoms with E-state index in [1.54, 1.807) is 0 Å². The van der Waals surface area contributed by atoms with Crippen LogP contribution in [0.1, 0.15) is 71.6 Å². The van der Waals surface area contributed by atoms with E-state index in [4.69, 9.17) is 4.74 Å². The quantitative estimate of drug-likeness (QED) is 0.632. The molecule has 2 aliphatic rings. The molecule has 0 bridgehead atoms. The number of rotatable bonds is 8. The summed E-state index contributed by atoms with van der Waals surface area (Å²) >= 11 is 0. The van der Waals surface area contributed by atoms with Crippen LogP contribution in [0.25, 0.3) is 0 Å². The van der Waals surface area contributed by atoms with Crippen molar-refractivity contribution in [3.63, 3.8) is 0 Å². The van der Waals surface area contributed by atoms with Gasteiger partial charge in [-0.25, -0.2) is 0 Å². The first-order valence-electron chi connectivity index (χ1n) is 10.1. The summed E-state index contributed by atoms with van der Waals surface area (Å²) in [6.45, 7) is 7.41. The Hall–Kier alpha value is -0.900. The first kappa shape index (κ1) is 19.4. The molecule has 2 rings (SSSR count). The molecule has 4 nitrogen and oxygen atoms in total. The van der Waals surface area contributed by atoms with Crippen molar-refractivity contribution in [2.75, 3.05) is 26.2 Å². The number of hydrogen-bond donors (Lipinski definition) is 0. The first-order chi connectivity index (χ1) is 11.7. The van der Waals surface area contributed by atoms with E-state index in [2.05, 4.69) is 18.7 Å². The van der Waals surface area contributed by atoms with Gasteiger partial charge in [0.15, 0.2) is 0 Å². The molecule has 2 fully saturated rings. The normalized spacial score (nSPS) is 25.6. The van der Waals surface area contributed by atoms with Crippen molar-refractivity contribution in [2.45, 2.75) is 71.6 Å². The summed E-state index contributed by atoms with van der Waals surface area (Å²) in [5.74, 6) is 0.164. The van der Waals surface area contributed by atoms with Crippen LogP contribution in [-0.2, 0) is 14.3 Å². The van der Waals surface area contributed by atoms with Gasteiger partial charge in [0.05, 0.1) is 5.92 Å². The van der Waals surface area contributed by atoms with Gasteiger partial charge in [0.2, 0.25) is 0 Å². The van der Waals surface area contributed by atoms with Crippen molar-refractivity contribution in [3.8, 4) is 0 Å². The third kappa shape index (κ3) is 5.30. The molecular formula is C20H35NO3. The molecule has 2 aliphatic carbocycles. The first-order valence-corrected chi connectivity index (χ1v) is 10.1. The van der Waals surface area contributed by atoms with Crippen LogP contribution in [0.5, 0.6) is 0 Å². The highest BCUT2D eigenvalue weighted by molar-refractivity contribution is 5.88. The van der Waals surface area contributed by atoms with E-state index in [-0.39, 0.29) is 23.7 Å². The monoisotopic (exact) mass is 337 g/mol. The summed E-state index contributed by atoms with van der Waals surface area (Å²) in [7, 11) is 0. The lowest BCUT2D eigenvalue weighted by atomic mass is 9.71. The van der Waals surface area contributed by atoms with E-state index in [9.17, 15) is 9.59 Å². The Labute approximate surface area is 147 Å². The molecule has 0 spiro atoms. The Balaban J connectivity index is 1.87. The van der Waals surface area contributed by atoms with Crippen LogP contribution in [0.15, 0.2) is 0 Å². The minimum absolute atomic E-state index is 0.0807. The standard InChI is InChI=1S/C20H35NO3/c1-3-21(4-2)14-15-24-20(23)18-13-9-8-12-17(18)19(22)16-10-6-5-7-11-16/h16-18H,3-15H2,1-2H3. The summed E-state index contributed by atoms with van der Waals surface area (Å²) in [5.41, 5.74) is 0. The molecule has 0 N–H and O–H groups in total. The number of ether oxygens (including phenoxy) is 1. The predicted molar refractivity (Wildman–Crippen MR) is 95.8 cm³/mol. The molecular weight excluding hydrogens is 302 g/mol. The Morgan fingerprint density at radius 3 is 2.08 bits per heavy atom. The van der Waals surface area contributed by atoms with Crippen molar-refractivity contribution in [3.05, 3.63) is 0 Å². The van der Waals surface area contributed by atoms with Crippen LogP contribution in [-0.4, -0.2) is 42.9 Å². The number of hydrogen-bond acceptors (Lipinski definition) is 4. The molecule has 0 aromatic carbocycles. The molecule has 0 aromatic heterocycles. The zero-order valence-corrected chi connectivity index (χ0v) is 15.6. The number of Topliss-reactive ketones (excluding diaryl/α,β-unsaturated/α-hetero) is 1. The van der Waals surface area contributed by atoms with Crippen molar-refractivity contribution in [1.29, 1.82) is 0 Å². The average Bonchev–Trinajstić information content (AvgIpc) is 2.65. The zero-order chi connectivity index (χ0) is 17.4. The molecule has 0 amide bonds. The van der Waals surface area contributed by atoms with Gasteiger partial charge in [0.25, 0.3) is 0 Å². The van der Waals surface area contributed by atoms with Gasteiger partial charge < -0.3 is 9.64 Å². The van der Waals surface area contributed by atoms with Crippen molar-refractivity contribution in [2.24, 2.45) is 17.8 Å². The Bertz CT molecular complexity index is 400. The summed E-state index contributed by atoms with van der Waals surface area (Å²) < 4.78 is 5.55. The van der Waals surface area contributed by atoms with Gasteiger partial charge in [-0.3, -0.25) is 9.59 Å². The van der Waals surface area contributed by atoms with Crippen LogP contribution in [0, 0.1) is 17.8 Å². The van der Waals surface area contributed by atoms with Gasteiger partial charge in [0, 0.05) is 18.4 Å². The lowest BCUT2D eigenvalue weighted by molar-refractivity contribution is -0.155. The fraction of sp³-hybridized carbons (Fsp3) is 0.900. The zero-order valence-electron chi connectivity index (χ0n) is 15.6. The van der Waals surface area contributed by atoms with Crippen molar-refractivity contribution in [1.82, 2.24) is 4.90 Å². The van der Waals surface area contributed by atoms with Crippen molar-refractivity contribution < 1.29 is 14.3 Å². The van der Waals surface area contributed by atoms with Gasteiger partial charge in [-0.2, -0.15) is 0 Å². The van der Waals surface area contributed by atoms with Gasteiger partial charge in [-0.05, 0) is 38.8 Å². The summed E-state index contributed by atoms with van der Waals surface area (Å²) in [5, 5.41) is 0. The molecule has 0 aliphatic heterocycles. The highest BCUT2D eigenvalue weighted by atomic mass is 16.5. The fourth-order valence-electron chi connectivity index (χ4n) is 4.37. The molecule has 0 radical (unpaired) electrons. The highest BCUT2D eigenvalue weighted by Gasteiger charge is 2.39. The largest absolute Gasteiger partial charge is 0.464 e. The fourth-order valence-corrected chi connectivity index (χ4v) is 4.37. The highest BCUT2D eigenvalue weighted by Crippen LogP contribution is 2.36. The number of carbonyl (C=O) groups is 2. The van der Waals surface area contributed by atoms with E-state index in [0.717, 1.165) is 58.2 Å². The van der Waals surface area contributed by atoms with E-state index >= 15 is 0 Å². The van der Waals surface area contributed by atoms with E-state index in [1.807, 2.05) is 0 Å². The molecule has 2 saturated carbocycles. The van der Waals surface area contributed by atoms with Gasteiger partial charge >= 0.3 is 5.97 Å². The number of nitrogens with zero attached hydrogens (tertiary/aromatic N) is 1. The number of carbonyl (C=O) groups excluding carboxylic acids is 2. The average molecular weight is 338 g/mol. The molecule has 0 saturated heterocycles. The van der Waals surface area contributed by atoms with Crippen LogP contribution in [0.4, 0.5) is 0 Å². The molecule has 2 unspecified atom stereocenters. The van der Waals surface area contributed by atoms with Crippen LogP contribution < -0.4 is 0 Å². The van der Waals surface area contributed by atoms with E-state index in [1.165, 1.54) is 19.3 Å². The second-order valence-corrected chi connectivity index (χ2v) is 7.43. The third-order valence-corrected chi connectivity index (χ3v) is 5.99.